The average molecular weight is 248 g/mol. The topological polar surface area (TPSA) is 75.3 Å². The number of nitrogens with two attached hydrogens (primary N) is 1. The van der Waals surface area contributed by atoms with Crippen molar-refractivity contribution < 1.29 is 9.90 Å². The number of nitrogen functional groups attached to an aromatic ring is 1. The quantitative estimate of drug-likeness (QED) is 0.532. The van der Waals surface area contributed by atoms with Crippen molar-refractivity contribution in [2.45, 2.75) is 26.2 Å². The Morgan fingerprint density at radius 1 is 1.50 bits per heavy atom. The molecule has 0 heterocycles. The summed E-state index contributed by atoms with van der Waals surface area (Å²) in [7, 11) is 0. The zero-order chi connectivity index (χ0) is 13.2. The van der Waals surface area contributed by atoms with Crippen LogP contribution >= 0.6 is 0 Å². The minimum Gasteiger partial charge on any atom is -0.398 e. The first-order valence-electron chi connectivity index (χ1n) is 6.31. The lowest BCUT2D eigenvalue weighted by Gasteiger charge is -2.16. The van der Waals surface area contributed by atoms with Crippen molar-refractivity contribution in [1.82, 2.24) is 0 Å². The summed E-state index contributed by atoms with van der Waals surface area (Å²) in [5.74, 6) is -0.0157. The van der Waals surface area contributed by atoms with Crippen LogP contribution in [0.25, 0.3) is 0 Å². The van der Waals surface area contributed by atoms with Gasteiger partial charge in [-0.25, -0.2) is 0 Å². The van der Waals surface area contributed by atoms with E-state index in [-0.39, 0.29) is 17.8 Å². The minimum atomic E-state index is -0.0157. The first kappa shape index (κ1) is 12.9. The first-order valence-corrected chi connectivity index (χ1v) is 6.31. The largest absolute Gasteiger partial charge is 0.398 e. The van der Waals surface area contributed by atoms with E-state index in [1.807, 2.05) is 6.07 Å². The molecule has 98 valence electrons. The molecule has 1 aliphatic carbocycles. The smallest absolute Gasteiger partial charge is 0.161 e. The third-order valence-electron chi connectivity index (χ3n) is 3.70. The Kier molecular flexibility index (Phi) is 3.57. The summed E-state index contributed by atoms with van der Waals surface area (Å²) in [6.07, 6.45) is 3.18. The maximum Gasteiger partial charge on any atom is 0.161 e. The Morgan fingerprint density at radius 3 is 2.72 bits per heavy atom. The number of carbonyl (C=O) groups excluding carboxylic acids is 1. The standard InChI is InChI=1S/C14H20N2O2/c1-10(18)12-3-2-11(8-13(12)15)16-9-14(4-5-14)6-7-17/h2-3,8,16-17H,4-7,9,15H2,1H3. The van der Waals surface area contributed by atoms with Crippen LogP contribution in [0, 0.1) is 5.41 Å². The highest BCUT2D eigenvalue weighted by molar-refractivity contribution is 5.99. The molecule has 4 N–H and O–H groups in total. The third kappa shape index (κ3) is 2.82. The molecular formula is C14H20N2O2. The molecule has 4 nitrogen and oxygen atoms in total. The van der Waals surface area contributed by atoms with E-state index in [1.165, 1.54) is 19.8 Å². The van der Waals surface area contributed by atoms with Gasteiger partial charge in [0.15, 0.2) is 5.78 Å². The Hall–Kier alpha value is -1.55. The Bertz CT molecular complexity index is 453. The first-order chi connectivity index (χ1) is 8.56. The molecular weight excluding hydrogens is 228 g/mol. The highest BCUT2D eigenvalue weighted by Crippen LogP contribution is 2.48. The lowest BCUT2D eigenvalue weighted by atomic mass is 10.0. The molecule has 0 unspecified atom stereocenters. The van der Waals surface area contributed by atoms with E-state index < -0.39 is 0 Å². The Labute approximate surface area is 107 Å². The molecule has 1 aliphatic rings. The highest BCUT2D eigenvalue weighted by atomic mass is 16.3. The Morgan fingerprint density at radius 2 is 2.22 bits per heavy atom. The zero-order valence-corrected chi connectivity index (χ0v) is 10.7. The van der Waals surface area contributed by atoms with Crippen molar-refractivity contribution in [1.29, 1.82) is 0 Å². The van der Waals surface area contributed by atoms with E-state index in [2.05, 4.69) is 5.32 Å². The summed E-state index contributed by atoms with van der Waals surface area (Å²) in [5, 5.41) is 12.3. The van der Waals surface area contributed by atoms with Crippen LogP contribution in [-0.4, -0.2) is 24.0 Å². The van der Waals surface area contributed by atoms with Gasteiger partial charge >= 0.3 is 0 Å². The molecule has 0 atom stereocenters. The van der Waals surface area contributed by atoms with Gasteiger partial charge in [-0.15, -0.1) is 0 Å². The molecule has 1 aromatic carbocycles. The van der Waals surface area contributed by atoms with Crippen molar-refractivity contribution in [2.75, 3.05) is 24.2 Å². The van der Waals surface area contributed by atoms with Gasteiger partial charge in [0.2, 0.25) is 0 Å². The number of hydrogen-bond acceptors (Lipinski definition) is 4. The normalized spacial score (nSPS) is 16.3. The van der Waals surface area contributed by atoms with E-state index in [1.54, 1.807) is 12.1 Å². The fourth-order valence-corrected chi connectivity index (χ4v) is 2.21. The number of benzene rings is 1. The van der Waals surface area contributed by atoms with Gasteiger partial charge in [-0.05, 0) is 49.8 Å². The van der Waals surface area contributed by atoms with Gasteiger partial charge in [-0.1, -0.05) is 0 Å². The molecule has 0 amide bonds. The minimum absolute atomic E-state index is 0.0157. The second-order valence-corrected chi connectivity index (χ2v) is 5.19. The van der Waals surface area contributed by atoms with Crippen LogP contribution < -0.4 is 11.1 Å². The van der Waals surface area contributed by atoms with Crippen LogP contribution in [-0.2, 0) is 0 Å². The summed E-state index contributed by atoms with van der Waals surface area (Å²) in [6, 6.07) is 5.43. The number of anilines is 2. The van der Waals surface area contributed by atoms with Crippen LogP contribution in [0.2, 0.25) is 0 Å². The van der Waals surface area contributed by atoms with Crippen molar-refractivity contribution in [3.05, 3.63) is 23.8 Å². The van der Waals surface area contributed by atoms with Crippen LogP contribution in [0.15, 0.2) is 18.2 Å². The molecule has 0 spiro atoms. The average Bonchev–Trinajstić information content (AvgIpc) is 3.07. The molecule has 0 bridgehead atoms. The highest BCUT2D eigenvalue weighted by Gasteiger charge is 2.41. The van der Waals surface area contributed by atoms with Crippen molar-refractivity contribution >= 4 is 17.2 Å². The van der Waals surface area contributed by atoms with Crippen LogP contribution in [0.5, 0.6) is 0 Å². The maximum atomic E-state index is 11.3. The van der Waals surface area contributed by atoms with Crippen LogP contribution in [0.3, 0.4) is 0 Å². The summed E-state index contributed by atoms with van der Waals surface area (Å²) in [4.78, 5) is 11.3. The van der Waals surface area contributed by atoms with E-state index >= 15 is 0 Å². The maximum absolute atomic E-state index is 11.3. The van der Waals surface area contributed by atoms with Crippen molar-refractivity contribution in [3.63, 3.8) is 0 Å². The van der Waals surface area contributed by atoms with Gasteiger partial charge in [0.05, 0.1) is 0 Å². The predicted molar refractivity (Wildman–Crippen MR) is 72.7 cm³/mol. The zero-order valence-electron chi connectivity index (χ0n) is 10.7. The summed E-state index contributed by atoms with van der Waals surface area (Å²) in [6.45, 7) is 2.61. The summed E-state index contributed by atoms with van der Waals surface area (Å²) >= 11 is 0. The van der Waals surface area contributed by atoms with Gasteiger partial charge in [-0.3, -0.25) is 4.79 Å². The molecule has 1 aromatic rings. The monoisotopic (exact) mass is 248 g/mol. The number of aliphatic hydroxyl groups excluding tert-OH is 1. The van der Waals surface area contributed by atoms with E-state index in [0.717, 1.165) is 18.7 Å². The van der Waals surface area contributed by atoms with E-state index in [4.69, 9.17) is 10.8 Å². The number of nitrogens with one attached hydrogen (secondary N) is 1. The molecule has 4 heteroatoms. The number of hydrogen-bond donors (Lipinski definition) is 3. The van der Waals surface area contributed by atoms with E-state index in [0.29, 0.717) is 11.3 Å². The van der Waals surface area contributed by atoms with E-state index in [9.17, 15) is 4.79 Å². The summed E-state index contributed by atoms with van der Waals surface area (Å²) < 4.78 is 0. The van der Waals surface area contributed by atoms with Crippen molar-refractivity contribution in [3.8, 4) is 0 Å². The predicted octanol–water partition coefficient (Wildman–Crippen LogP) is 2.05. The van der Waals surface area contributed by atoms with Crippen LogP contribution in [0.1, 0.15) is 36.5 Å². The second-order valence-electron chi connectivity index (χ2n) is 5.19. The molecule has 2 rings (SSSR count). The number of rotatable bonds is 6. The number of carbonyl (C=O) groups is 1. The fraction of sp³-hybridized carbons (Fsp3) is 0.500. The van der Waals surface area contributed by atoms with Crippen molar-refractivity contribution in [2.24, 2.45) is 5.41 Å². The molecule has 0 radical (unpaired) electrons. The number of aliphatic hydroxyl groups is 1. The lowest BCUT2D eigenvalue weighted by Crippen LogP contribution is -2.17. The molecule has 0 aliphatic heterocycles. The fourth-order valence-electron chi connectivity index (χ4n) is 2.21. The molecule has 0 saturated heterocycles. The van der Waals surface area contributed by atoms with Crippen LogP contribution in [0.4, 0.5) is 11.4 Å². The second kappa shape index (κ2) is 4.98. The third-order valence-corrected chi connectivity index (χ3v) is 3.70. The van der Waals surface area contributed by atoms with Gasteiger partial charge < -0.3 is 16.2 Å². The molecule has 0 aromatic heterocycles. The number of Topliss-reactive ketones (excluding diaryl/α,β-unsaturated/α-hetero) is 1. The lowest BCUT2D eigenvalue weighted by molar-refractivity contribution is 0.101. The SMILES string of the molecule is CC(=O)c1ccc(NCC2(CCO)CC2)cc1N. The summed E-state index contributed by atoms with van der Waals surface area (Å²) in [5.41, 5.74) is 8.11. The number of ketones is 1. The molecule has 1 fully saturated rings. The van der Waals surface area contributed by atoms with Gasteiger partial charge in [0.25, 0.3) is 0 Å². The van der Waals surface area contributed by atoms with Gasteiger partial charge in [-0.2, -0.15) is 0 Å². The Balaban J connectivity index is 1.98. The van der Waals surface area contributed by atoms with Gasteiger partial charge in [0, 0.05) is 30.1 Å². The molecule has 1 saturated carbocycles. The van der Waals surface area contributed by atoms with Gasteiger partial charge in [0.1, 0.15) is 0 Å². The molecule has 18 heavy (non-hydrogen) atoms.